The Kier molecular flexibility index (Phi) is 7.91. The van der Waals surface area contributed by atoms with Gasteiger partial charge in [0.2, 0.25) is 10.0 Å². The Hall–Kier alpha value is -2.39. The normalized spacial score (nSPS) is 17.5. The molecule has 0 aliphatic carbocycles. The minimum Gasteiger partial charge on any atom is -0.370 e. The minimum absolute atomic E-state index is 0.280. The average Bonchev–Trinajstić information content (AvgIpc) is 3.21. The van der Waals surface area contributed by atoms with Gasteiger partial charge >= 0.3 is 0 Å². The van der Waals surface area contributed by atoms with E-state index in [1.54, 1.807) is 39.5 Å². The maximum atomic E-state index is 13.4. The zero-order valence-electron chi connectivity index (χ0n) is 20.9. The van der Waals surface area contributed by atoms with Gasteiger partial charge in [-0.15, -0.1) is 0 Å². The van der Waals surface area contributed by atoms with E-state index in [0.717, 1.165) is 62.3 Å². The number of halogens is 2. The molecule has 37 heavy (non-hydrogen) atoms. The van der Waals surface area contributed by atoms with E-state index in [0.29, 0.717) is 34.5 Å². The van der Waals surface area contributed by atoms with Gasteiger partial charge in [0.15, 0.2) is 0 Å². The SMILES string of the molecule is Cc1nn(-c2ccc(Cl)cc2)c(Cl)c1C=Nc1cc(S(=O)(=O)N2CCCCC2)ccc1N1CCCCC1. The first-order chi connectivity index (χ1) is 17.8. The maximum Gasteiger partial charge on any atom is 0.243 e. The van der Waals surface area contributed by atoms with Crippen molar-refractivity contribution in [1.82, 2.24) is 14.1 Å². The molecule has 0 N–H and O–H groups in total. The van der Waals surface area contributed by atoms with Crippen LogP contribution in [-0.4, -0.2) is 54.9 Å². The quantitative estimate of drug-likeness (QED) is 0.327. The van der Waals surface area contributed by atoms with Crippen molar-refractivity contribution in [3.05, 3.63) is 63.9 Å². The molecule has 5 rings (SSSR count). The van der Waals surface area contributed by atoms with Crippen molar-refractivity contribution in [3.63, 3.8) is 0 Å². The lowest BCUT2D eigenvalue weighted by Crippen LogP contribution is -2.35. The third-order valence-corrected chi connectivity index (χ3v) is 9.56. The number of aliphatic imine (C=N–C) groups is 1. The highest BCUT2D eigenvalue weighted by Gasteiger charge is 2.27. The summed E-state index contributed by atoms with van der Waals surface area (Å²) in [7, 11) is -3.58. The van der Waals surface area contributed by atoms with Crippen LogP contribution in [0.3, 0.4) is 0 Å². The van der Waals surface area contributed by atoms with Crippen LogP contribution in [0, 0.1) is 6.92 Å². The molecule has 0 radical (unpaired) electrons. The highest BCUT2D eigenvalue weighted by Crippen LogP contribution is 2.35. The monoisotopic (exact) mass is 559 g/mol. The van der Waals surface area contributed by atoms with Crippen LogP contribution in [-0.2, 0) is 10.0 Å². The fourth-order valence-corrected chi connectivity index (χ4v) is 6.95. The van der Waals surface area contributed by atoms with Gasteiger partial charge in [-0.3, -0.25) is 4.99 Å². The Bertz CT molecular complexity index is 1390. The summed E-state index contributed by atoms with van der Waals surface area (Å²) < 4.78 is 30.1. The van der Waals surface area contributed by atoms with Gasteiger partial charge in [0.25, 0.3) is 0 Å². The molecule has 0 saturated carbocycles. The standard InChI is InChI=1S/C27H31Cl2N5O2S/c1-20-24(27(29)34(31-20)22-10-8-21(28)9-11-22)19-30-25-18-23(37(35,36)33-16-6-3-7-17-33)12-13-26(25)32-14-4-2-5-15-32/h8-13,18-19H,2-7,14-17H2,1H3. The molecule has 3 aromatic rings. The maximum absolute atomic E-state index is 13.4. The van der Waals surface area contributed by atoms with Crippen LogP contribution < -0.4 is 4.90 Å². The van der Waals surface area contributed by atoms with Gasteiger partial charge in [-0.2, -0.15) is 9.40 Å². The molecule has 0 unspecified atom stereocenters. The molecule has 10 heteroatoms. The zero-order valence-corrected chi connectivity index (χ0v) is 23.2. The highest BCUT2D eigenvalue weighted by molar-refractivity contribution is 7.89. The molecule has 2 aliphatic heterocycles. The van der Waals surface area contributed by atoms with E-state index >= 15 is 0 Å². The second kappa shape index (κ2) is 11.2. The van der Waals surface area contributed by atoms with E-state index in [2.05, 4.69) is 10.00 Å². The van der Waals surface area contributed by atoms with Crippen molar-refractivity contribution in [1.29, 1.82) is 0 Å². The number of piperidine rings is 2. The van der Waals surface area contributed by atoms with E-state index in [1.807, 2.05) is 25.1 Å². The third kappa shape index (κ3) is 5.58. The minimum atomic E-state index is -3.58. The van der Waals surface area contributed by atoms with Crippen LogP contribution >= 0.6 is 23.2 Å². The number of nitrogens with zero attached hydrogens (tertiary/aromatic N) is 5. The van der Waals surface area contributed by atoms with Crippen LogP contribution in [0.2, 0.25) is 10.2 Å². The van der Waals surface area contributed by atoms with Crippen molar-refractivity contribution in [2.45, 2.75) is 50.3 Å². The zero-order chi connectivity index (χ0) is 26.0. The van der Waals surface area contributed by atoms with Gasteiger partial charge in [-0.05, 0) is 81.5 Å². The van der Waals surface area contributed by atoms with Gasteiger partial charge in [-0.1, -0.05) is 29.6 Å². The van der Waals surface area contributed by atoms with Crippen LogP contribution in [0.15, 0.2) is 52.4 Å². The van der Waals surface area contributed by atoms with E-state index in [1.165, 1.54) is 6.42 Å². The first kappa shape index (κ1) is 26.2. The summed E-state index contributed by atoms with van der Waals surface area (Å²) >= 11 is 12.8. The number of hydrogen-bond donors (Lipinski definition) is 0. The predicted molar refractivity (Wildman–Crippen MR) is 151 cm³/mol. The van der Waals surface area contributed by atoms with Crippen LogP contribution in [0.5, 0.6) is 0 Å². The summed E-state index contributed by atoms with van der Waals surface area (Å²) in [4.78, 5) is 7.38. The number of rotatable bonds is 6. The molecular weight excluding hydrogens is 529 g/mol. The second-order valence-electron chi connectivity index (χ2n) is 9.60. The molecule has 0 atom stereocenters. The van der Waals surface area contributed by atoms with Gasteiger partial charge in [0.05, 0.1) is 33.2 Å². The summed E-state index contributed by atoms with van der Waals surface area (Å²) in [5, 5.41) is 5.66. The summed E-state index contributed by atoms with van der Waals surface area (Å²) in [5.74, 6) is 0. The Labute approximate surface area is 228 Å². The summed E-state index contributed by atoms with van der Waals surface area (Å²) in [5.41, 5.74) is 3.76. The van der Waals surface area contributed by atoms with E-state index in [9.17, 15) is 8.42 Å². The number of aryl methyl sites for hydroxylation is 1. The molecular formula is C27H31Cl2N5O2S. The molecule has 7 nitrogen and oxygen atoms in total. The van der Waals surface area contributed by atoms with Gasteiger partial charge < -0.3 is 4.90 Å². The lowest BCUT2D eigenvalue weighted by atomic mass is 10.1. The van der Waals surface area contributed by atoms with E-state index in [4.69, 9.17) is 28.2 Å². The fourth-order valence-electron chi connectivity index (χ4n) is 4.97. The first-order valence-corrected chi connectivity index (χ1v) is 15.0. The smallest absolute Gasteiger partial charge is 0.243 e. The third-order valence-electron chi connectivity index (χ3n) is 7.05. The summed E-state index contributed by atoms with van der Waals surface area (Å²) in [6.45, 7) is 4.85. The summed E-state index contributed by atoms with van der Waals surface area (Å²) in [6.07, 6.45) is 7.97. The van der Waals surface area contributed by atoms with Gasteiger partial charge in [0, 0.05) is 37.4 Å². The first-order valence-electron chi connectivity index (χ1n) is 12.8. The molecule has 0 spiro atoms. The molecule has 2 aromatic carbocycles. The molecule has 2 saturated heterocycles. The number of aromatic nitrogens is 2. The molecule has 1 aromatic heterocycles. The van der Waals surface area contributed by atoms with E-state index < -0.39 is 10.0 Å². The largest absolute Gasteiger partial charge is 0.370 e. The second-order valence-corrected chi connectivity index (χ2v) is 12.3. The van der Waals surface area contributed by atoms with E-state index in [-0.39, 0.29) is 4.90 Å². The van der Waals surface area contributed by atoms with Crippen molar-refractivity contribution in [3.8, 4) is 5.69 Å². The lowest BCUT2D eigenvalue weighted by Gasteiger charge is -2.30. The number of anilines is 1. The average molecular weight is 561 g/mol. The van der Waals surface area contributed by atoms with Crippen LogP contribution in [0.1, 0.15) is 49.8 Å². The van der Waals surface area contributed by atoms with Crippen molar-refractivity contribution in [2.75, 3.05) is 31.1 Å². The molecule has 0 amide bonds. The fraction of sp³-hybridized carbons (Fsp3) is 0.407. The Morgan fingerprint density at radius 2 is 1.54 bits per heavy atom. The molecule has 2 fully saturated rings. The number of benzene rings is 2. The van der Waals surface area contributed by atoms with Gasteiger partial charge in [-0.25, -0.2) is 13.1 Å². The predicted octanol–water partition coefficient (Wildman–Crippen LogP) is 6.40. The number of hydrogen-bond acceptors (Lipinski definition) is 5. The molecule has 0 bridgehead atoms. The van der Waals surface area contributed by atoms with Crippen molar-refractivity contribution >= 4 is 50.8 Å². The van der Waals surface area contributed by atoms with Crippen LogP contribution in [0.25, 0.3) is 5.69 Å². The highest BCUT2D eigenvalue weighted by atomic mass is 35.5. The summed E-state index contributed by atoms with van der Waals surface area (Å²) in [6, 6.07) is 12.6. The molecule has 3 heterocycles. The number of sulfonamides is 1. The topological polar surface area (TPSA) is 70.8 Å². The Morgan fingerprint density at radius 3 is 2.22 bits per heavy atom. The Morgan fingerprint density at radius 1 is 0.892 bits per heavy atom. The van der Waals surface area contributed by atoms with Crippen molar-refractivity contribution in [2.24, 2.45) is 4.99 Å². The van der Waals surface area contributed by atoms with Gasteiger partial charge in [0.1, 0.15) is 5.15 Å². The molecule has 2 aliphatic rings. The Balaban J connectivity index is 1.53. The lowest BCUT2D eigenvalue weighted by molar-refractivity contribution is 0.346. The van der Waals surface area contributed by atoms with Crippen LogP contribution in [0.4, 0.5) is 11.4 Å². The molecule has 196 valence electrons. The van der Waals surface area contributed by atoms with Crippen molar-refractivity contribution < 1.29 is 8.42 Å².